The molecule has 0 atom stereocenters. The molecular formula is C14H22N2O2S. The van der Waals surface area contributed by atoms with Gasteiger partial charge in [0, 0.05) is 19.1 Å². The van der Waals surface area contributed by atoms with E-state index in [1.54, 1.807) is 10.4 Å². The molecule has 1 aliphatic rings. The van der Waals surface area contributed by atoms with Crippen LogP contribution >= 0.6 is 0 Å². The lowest BCUT2D eigenvalue weighted by Crippen LogP contribution is -2.33. The molecule has 1 fully saturated rings. The van der Waals surface area contributed by atoms with Gasteiger partial charge in [0.1, 0.15) is 0 Å². The molecule has 106 valence electrons. The SMILES string of the molecule is CCc1ccc(CN)cc1S(=O)(=O)N(CC)C1CC1. The molecule has 1 aromatic rings. The molecule has 1 saturated carbocycles. The third-order valence-corrected chi connectivity index (χ3v) is 5.71. The molecule has 1 aliphatic carbocycles. The Kier molecular flexibility index (Phi) is 4.28. The first-order valence-electron chi connectivity index (χ1n) is 6.88. The van der Waals surface area contributed by atoms with Gasteiger partial charge in [0.2, 0.25) is 10.0 Å². The summed E-state index contributed by atoms with van der Waals surface area (Å²) in [5.74, 6) is 0. The van der Waals surface area contributed by atoms with Crippen LogP contribution in [0.4, 0.5) is 0 Å². The molecule has 2 rings (SSSR count). The quantitative estimate of drug-likeness (QED) is 0.866. The second-order valence-electron chi connectivity index (χ2n) is 4.94. The standard InChI is InChI=1S/C14H22N2O2S/c1-3-12-6-5-11(10-15)9-14(12)19(17,18)16(4-2)13-7-8-13/h5-6,9,13H,3-4,7-8,10,15H2,1-2H3. The summed E-state index contributed by atoms with van der Waals surface area (Å²) >= 11 is 0. The Bertz CT molecular complexity index is 551. The highest BCUT2D eigenvalue weighted by Crippen LogP contribution is 2.33. The summed E-state index contributed by atoms with van der Waals surface area (Å²) < 4.78 is 27.2. The van der Waals surface area contributed by atoms with E-state index < -0.39 is 10.0 Å². The Morgan fingerprint density at radius 2 is 2.00 bits per heavy atom. The molecule has 0 saturated heterocycles. The second-order valence-corrected chi connectivity index (χ2v) is 6.80. The van der Waals surface area contributed by atoms with Gasteiger partial charge in [0.25, 0.3) is 0 Å². The summed E-state index contributed by atoms with van der Waals surface area (Å²) in [6.45, 7) is 4.77. The van der Waals surface area contributed by atoms with Gasteiger partial charge in [0.05, 0.1) is 4.90 Å². The topological polar surface area (TPSA) is 63.4 Å². The number of aryl methyl sites for hydroxylation is 1. The van der Waals surface area contributed by atoms with Crippen LogP contribution in [0, 0.1) is 0 Å². The van der Waals surface area contributed by atoms with Crippen molar-refractivity contribution >= 4 is 10.0 Å². The highest BCUT2D eigenvalue weighted by Gasteiger charge is 2.37. The number of hydrogen-bond acceptors (Lipinski definition) is 3. The van der Waals surface area contributed by atoms with E-state index in [0.29, 0.717) is 24.4 Å². The summed E-state index contributed by atoms with van der Waals surface area (Å²) in [4.78, 5) is 0.437. The second kappa shape index (κ2) is 5.61. The maximum absolute atomic E-state index is 12.8. The molecule has 0 amide bonds. The van der Waals surface area contributed by atoms with Crippen molar-refractivity contribution in [3.63, 3.8) is 0 Å². The number of rotatable bonds is 6. The Balaban J connectivity index is 2.48. The van der Waals surface area contributed by atoms with Crippen LogP contribution in [0.5, 0.6) is 0 Å². The van der Waals surface area contributed by atoms with E-state index in [1.807, 2.05) is 26.0 Å². The summed E-state index contributed by atoms with van der Waals surface area (Å²) in [6.07, 6.45) is 2.66. The molecule has 19 heavy (non-hydrogen) atoms. The van der Waals surface area contributed by atoms with E-state index in [2.05, 4.69) is 0 Å². The van der Waals surface area contributed by atoms with Crippen molar-refractivity contribution in [3.8, 4) is 0 Å². The molecule has 5 heteroatoms. The van der Waals surface area contributed by atoms with Gasteiger partial charge in [0.15, 0.2) is 0 Å². The van der Waals surface area contributed by atoms with Crippen LogP contribution in [0.1, 0.15) is 37.8 Å². The molecular weight excluding hydrogens is 260 g/mol. The summed E-state index contributed by atoms with van der Waals surface area (Å²) in [5.41, 5.74) is 7.36. The average Bonchev–Trinajstić information content (AvgIpc) is 3.23. The first-order chi connectivity index (χ1) is 9.04. The minimum atomic E-state index is -3.39. The van der Waals surface area contributed by atoms with Gasteiger partial charge in [-0.1, -0.05) is 26.0 Å². The Morgan fingerprint density at radius 3 is 2.47 bits per heavy atom. The Labute approximate surface area is 115 Å². The van der Waals surface area contributed by atoms with Crippen LogP contribution < -0.4 is 5.73 Å². The van der Waals surface area contributed by atoms with Crippen molar-refractivity contribution in [2.75, 3.05) is 6.54 Å². The minimum Gasteiger partial charge on any atom is -0.326 e. The zero-order valence-electron chi connectivity index (χ0n) is 11.6. The van der Waals surface area contributed by atoms with Gasteiger partial charge in [-0.3, -0.25) is 0 Å². The van der Waals surface area contributed by atoms with Crippen molar-refractivity contribution < 1.29 is 8.42 Å². The predicted octanol–water partition coefficient (Wildman–Crippen LogP) is 1.88. The molecule has 2 N–H and O–H groups in total. The van der Waals surface area contributed by atoms with Gasteiger partial charge >= 0.3 is 0 Å². The monoisotopic (exact) mass is 282 g/mol. The fourth-order valence-corrected chi connectivity index (χ4v) is 4.41. The summed E-state index contributed by atoms with van der Waals surface area (Å²) in [5, 5.41) is 0. The van der Waals surface area contributed by atoms with Crippen LogP contribution in [-0.2, 0) is 23.0 Å². The van der Waals surface area contributed by atoms with Crippen LogP contribution in [-0.4, -0.2) is 25.3 Å². The molecule has 0 aromatic heterocycles. The van der Waals surface area contributed by atoms with Crippen molar-refractivity contribution in [2.24, 2.45) is 5.73 Å². The number of benzene rings is 1. The maximum Gasteiger partial charge on any atom is 0.243 e. The normalized spacial score (nSPS) is 16.0. The number of sulfonamides is 1. The van der Waals surface area contributed by atoms with Gasteiger partial charge in [-0.15, -0.1) is 0 Å². The number of nitrogens with two attached hydrogens (primary N) is 1. The zero-order valence-corrected chi connectivity index (χ0v) is 12.4. The van der Waals surface area contributed by atoms with E-state index in [-0.39, 0.29) is 6.04 Å². The van der Waals surface area contributed by atoms with Crippen molar-refractivity contribution in [3.05, 3.63) is 29.3 Å². The third kappa shape index (κ3) is 2.83. The average molecular weight is 282 g/mol. The van der Waals surface area contributed by atoms with Gasteiger partial charge in [-0.2, -0.15) is 4.31 Å². The molecule has 0 bridgehead atoms. The molecule has 1 aromatic carbocycles. The largest absolute Gasteiger partial charge is 0.326 e. The fourth-order valence-electron chi connectivity index (χ4n) is 2.37. The van der Waals surface area contributed by atoms with E-state index in [9.17, 15) is 8.42 Å². The van der Waals surface area contributed by atoms with Crippen molar-refractivity contribution in [2.45, 2.75) is 50.6 Å². The molecule has 0 aliphatic heterocycles. The first kappa shape index (κ1) is 14.5. The smallest absolute Gasteiger partial charge is 0.243 e. The van der Waals surface area contributed by atoms with Crippen LogP contribution in [0.2, 0.25) is 0 Å². The zero-order chi connectivity index (χ0) is 14.0. The van der Waals surface area contributed by atoms with Gasteiger partial charge in [-0.05, 0) is 36.5 Å². The lowest BCUT2D eigenvalue weighted by atomic mass is 10.1. The molecule has 0 spiro atoms. The first-order valence-corrected chi connectivity index (χ1v) is 8.32. The highest BCUT2D eigenvalue weighted by molar-refractivity contribution is 7.89. The van der Waals surface area contributed by atoms with Crippen molar-refractivity contribution in [1.82, 2.24) is 4.31 Å². The lowest BCUT2D eigenvalue weighted by Gasteiger charge is -2.22. The van der Waals surface area contributed by atoms with E-state index in [4.69, 9.17) is 5.73 Å². The highest BCUT2D eigenvalue weighted by atomic mass is 32.2. The molecule has 4 nitrogen and oxygen atoms in total. The minimum absolute atomic E-state index is 0.196. The predicted molar refractivity (Wildman–Crippen MR) is 76.3 cm³/mol. The molecule has 0 heterocycles. The summed E-state index contributed by atoms with van der Waals surface area (Å²) in [6, 6.07) is 5.72. The third-order valence-electron chi connectivity index (χ3n) is 3.60. The van der Waals surface area contributed by atoms with Gasteiger partial charge in [-0.25, -0.2) is 8.42 Å². The van der Waals surface area contributed by atoms with Crippen molar-refractivity contribution in [1.29, 1.82) is 0 Å². The van der Waals surface area contributed by atoms with Crippen LogP contribution in [0.25, 0.3) is 0 Å². The maximum atomic E-state index is 12.8. The fraction of sp³-hybridized carbons (Fsp3) is 0.571. The van der Waals surface area contributed by atoms with Crippen LogP contribution in [0.3, 0.4) is 0 Å². The van der Waals surface area contributed by atoms with E-state index in [0.717, 1.165) is 24.0 Å². The van der Waals surface area contributed by atoms with E-state index in [1.165, 1.54) is 0 Å². The Hall–Kier alpha value is -0.910. The lowest BCUT2D eigenvalue weighted by molar-refractivity contribution is 0.420. The summed E-state index contributed by atoms with van der Waals surface area (Å²) in [7, 11) is -3.39. The number of nitrogens with zero attached hydrogens (tertiary/aromatic N) is 1. The van der Waals surface area contributed by atoms with E-state index >= 15 is 0 Å². The van der Waals surface area contributed by atoms with Crippen LogP contribution in [0.15, 0.2) is 23.1 Å². The molecule has 0 radical (unpaired) electrons. The molecule has 0 unspecified atom stereocenters. The Morgan fingerprint density at radius 1 is 1.32 bits per heavy atom. The number of hydrogen-bond donors (Lipinski definition) is 1. The van der Waals surface area contributed by atoms with Gasteiger partial charge < -0.3 is 5.73 Å².